The van der Waals surface area contributed by atoms with Gasteiger partial charge in [-0.05, 0) is 36.4 Å². The number of benzene rings is 2. The van der Waals surface area contributed by atoms with Crippen molar-refractivity contribution < 1.29 is 19.4 Å². The number of hydrogen-bond acceptors (Lipinski definition) is 10. The molecule has 0 atom stereocenters. The van der Waals surface area contributed by atoms with Gasteiger partial charge in [0, 0.05) is 28.3 Å². The van der Waals surface area contributed by atoms with Crippen LogP contribution in [0.4, 0.5) is 23.0 Å². The Hall–Kier alpha value is -4.85. The van der Waals surface area contributed by atoms with E-state index >= 15 is 0 Å². The monoisotopic (exact) mass is 472 g/mol. The van der Waals surface area contributed by atoms with Gasteiger partial charge >= 0.3 is 5.69 Å². The quantitative estimate of drug-likeness (QED) is 0.279. The fourth-order valence-corrected chi connectivity index (χ4v) is 2.57. The van der Waals surface area contributed by atoms with Crippen LogP contribution in [0.5, 0.6) is 0 Å². The summed E-state index contributed by atoms with van der Waals surface area (Å²) >= 11 is 5.77. The van der Waals surface area contributed by atoms with Crippen molar-refractivity contribution in [2.24, 2.45) is 0 Å². The van der Waals surface area contributed by atoms with Gasteiger partial charge in [-0.25, -0.2) is 9.97 Å². The number of hydrogen-bond donors (Lipinski definition) is 4. The van der Waals surface area contributed by atoms with Gasteiger partial charge in [0.2, 0.25) is 11.6 Å². The number of aromatic nitrogens is 2. The predicted molar refractivity (Wildman–Crippen MR) is 115 cm³/mol. The van der Waals surface area contributed by atoms with E-state index in [0.717, 1.165) is 18.5 Å². The molecule has 4 N–H and O–H groups in total. The molecule has 0 bridgehead atoms. The van der Waals surface area contributed by atoms with Gasteiger partial charge in [0.05, 0.1) is 9.85 Å². The molecular formula is C18H13ClN8O6. The van der Waals surface area contributed by atoms with E-state index in [2.05, 4.69) is 31.7 Å². The molecule has 3 rings (SSSR count). The number of nitro benzene ring substituents is 1. The molecule has 0 saturated heterocycles. The van der Waals surface area contributed by atoms with E-state index in [9.17, 15) is 29.8 Å². The third-order valence-electron chi connectivity index (χ3n) is 4.04. The first kappa shape index (κ1) is 22.8. The van der Waals surface area contributed by atoms with Crippen molar-refractivity contribution in [2.75, 3.05) is 10.9 Å². The molecule has 1 aromatic heterocycles. The molecule has 0 aliphatic heterocycles. The molecule has 0 aliphatic rings. The smallest absolute Gasteiger partial charge is 0.276 e. The lowest BCUT2D eigenvalue weighted by Crippen LogP contribution is -2.32. The molecule has 168 valence electrons. The third kappa shape index (κ3) is 5.65. The van der Waals surface area contributed by atoms with E-state index in [4.69, 9.17) is 11.6 Å². The van der Waals surface area contributed by atoms with E-state index in [1.807, 2.05) is 0 Å². The summed E-state index contributed by atoms with van der Waals surface area (Å²) in [4.78, 5) is 52.7. The number of rotatable bonds is 8. The molecule has 3 aromatic rings. The summed E-state index contributed by atoms with van der Waals surface area (Å²) in [6, 6.07) is 10.6. The van der Waals surface area contributed by atoms with Gasteiger partial charge in [-0.15, -0.1) is 0 Å². The van der Waals surface area contributed by atoms with E-state index in [-0.39, 0.29) is 28.5 Å². The lowest BCUT2D eigenvalue weighted by Gasteiger charge is -2.11. The van der Waals surface area contributed by atoms with Gasteiger partial charge in [-0.3, -0.25) is 51.5 Å². The van der Waals surface area contributed by atoms with Crippen LogP contribution in [0.3, 0.4) is 0 Å². The number of nitrogens with zero attached hydrogens (tertiary/aromatic N) is 4. The number of carbonyl (C=O) groups excluding carboxylic acids is 2. The van der Waals surface area contributed by atoms with E-state index < -0.39 is 27.3 Å². The number of non-ortho nitro benzene ring substituents is 1. The molecular weight excluding hydrogens is 460 g/mol. The minimum absolute atomic E-state index is 0.0541. The van der Waals surface area contributed by atoms with Crippen molar-refractivity contribution >= 4 is 46.4 Å². The summed E-state index contributed by atoms with van der Waals surface area (Å²) in [5.74, 6) is -2.08. The second kappa shape index (κ2) is 9.97. The Kier molecular flexibility index (Phi) is 6.90. The fourth-order valence-electron chi connectivity index (χ4n) is 2.45. The van der Waals surface area contributed by atoms with Crippen LogP contribution in [-0.2, 0) is 0 Å². The van der Waals surface area contributed by atoms with E-state index in [1.54, 1.807) is 0 Å². The van der Waals surface area contributed by atoms with E-state index in [0.29, 0.717) is 5.02 Å². The summed E-state index contributed by atoms with van der Waals surface area (Å²) in [6.07, 6.45) is 0.962. The Morgan fingerprint density at radius 2 is 1.21 bits per heavy atom. The number of nitrogens with one attached hydrogen (secondary N) is 4. The van der Waals surface area contributed by atoms with Crippen LogP contribution < -0.4 is 21.7 Å². The maximum absolute atomic E-state index is 12.2. The number of carbonyl (C=O) groups is 2. The van der Waals surface area contributed by atoms with Crippen molar-refractivity contribution in [1.82, 2.24) is 20.8 Å². The van der Waals surface area contributed by atoms with Crippen molar-refractivity contribution in [3.05, 3.63) is 91.2 Å². The second-order valence-corrected chi connectivity index (χ2v) is 6.58. The van der Waals surface area contributed by atoms with Crippen LogP contribution >= 0.6 is 11.6 Å². The molecule has 14 nitrogen and oxygen atoms in total. The average Bonchev–Trinajstić information content (AvgIpc) is 2.81. The second-order valence-electron chi connectivity index (χ2n) is 6.15. The summed E-state index contributed by atoms with van der Waals surface area (Å²) in [5, 5.41) is 22.7. The molecule has 0 aliphatic carbocycles. The Morgan fingerprint density at radius 1 is 0.758 bits per heavy atom. The Balaban J connectivity index is 1.71. The van der Waals surface area contributed by atoms with Crippen molar-refractivity contribution in [3.8, 4) is 0 Å². The van der Waals surface area contributed by atoms with Crippen LogP contribution in [0.15, 0.2) is 54.9 Å². The van der Waals surface area contributed by atoms with Crippen LogP contribution in [-0.4, -0.2) is 31.6 Å². The Bertz CT molecular complexity index is 1220. The highest BCUT2D eigenvalue weighted by molar-refractivity contribution is 6.30. The maximum atomic E-state index is 12.2. The van der Waals surface area contributed by atoms with Gasteiger partial charge in [-0.2, -0.15) is 0 Å². The number of anilines is 2. The SMILES string of the molecule is O=C(NNc1ncnc(NNC(=O)c2ccc([N+](=O)[O-])cc2)c1[N+](=O)[O-])c1ccc(Cl)cc1. The number of hydrazine groups is 2. The zero-order valence-corrected chi connectivity index (χ0v) is 17.1. The van der Waals surface area contributed by atoms with Gasteiger partial charge in [-0.1, -0.05) is 11.6 Å². The zero-order valence-electron chi connectivity index (χ0n) is 16.3. The first-order valence-corrected chi connectivity index (χ1v) is 9.26. The molecule has 33 heavy (non-hydrogen) atoms. The molecule has 15 heteroatoms. The van der Waals surface area contributed by atoms with Gasteiger partial charge in [0.25, 0.3) is 17.5 Å². The third-order valence-corrected chi connectivity index (χ3v) is 4.29. The predicted octanol–water partition coefficient (Wildman–Crippen LogP) is 2.46. The summed E-state index contributed by atoms with van der Waals surface area (Å²) < 4.78 is 0. The molecule has 0 radical (unpaired) electrons. The molecule has 0 unspecified atom stereocenters. The summed E-state index contributed by atoms with van der Waals surface area (Å²) in [6.45, 7) is 0. The molecule has 0 spiro atoms. The molecule has 1 heterocycles. The minimum Gasteiger partial charge on any atom is -0.276 e. The van der Waals surface area contributed by atoms with Crippen molar-refractivity contribution in [3.63, 3.8) is 0 Å². The summed E-state index contributed by atoms with van der Waals surface area (Å²) in [5.41, 5.74) is 8.52. The normalized spacial score (nSPS) is 10.1. The number of nitro groups is 2. The zero-order chi connectivity index (χ0) is 24.0. The van der Waals surface area contributed by atoms with Crippen molar-refractivity contribution in [1.29, 1.82) is 0 Å². The molecule has 2 aromatic carbocycles. The lowest BCUT2D eigenvalue weighted by atomic mass is 10.2. The van der Waals surface area contributed by atoms with E-state index in [1.165, 1.54) is 36.4 Å². The van der Waals surface area contributed by atoms with Crippen LogP contribution in [0.25, 0.3) is 0 Å². The topological polar surface area (TPSA) is 194 Å². The van der Waals surface area contributed by atoms with Crippen LogP contribution in [0.2, 0.25) is 5.02 Å². The highest BCUT2D eigenvalue weighted by Crippen LogP contribution is 2.27. The standard InChI is InChI=1S/C18H13ClN8O6/c19-12-5-1-10(2-6-12)17(28)24-22-15-14(27(32)33)16(21-9-20-15)23-25-18(29)11-3-7-13(8-4-11)26(30)31/h1-9H,(H,24,28)(H,25,29)(H2,20,21,22,23). The number of halogens is 1. The molecule has 0 fully saturated rings. The maximum Gasteiger partial charge on any atom is 0.356 e. The average molecular weight is 473 g/mol. The van der Waals surface area contributed by atoms with Gasteiger partial charge < -0.3 is 0 Å². The summed E-state index contributed by atoms with van der Waals surface area (Å²) in [7, 11) is 0. The Labute approximate surface area is 189 Å². The van der Waals surface area contributed by atoms with Gasteiger partial charge in [0.1, 0.15) is 6.33 Å². The lowest BCUT2D eigenvalue weighted by molar-refractivity contribution is -0.384. The minimum atomic E-state index is -0.822. The first-order chi connectivity index (χ1) is 15.8. The highest BCUT2D eigenvalue weighted by atomic mass is 35.5. The molecule has 2 amide bonds. The van der Waals surface area contributed by atoms with Crippen molar-refractivity contribution in [2.45, 2.75) is 0 Å². The molecule has 0 saturated carbocycles. The fraction of sp³-hybridized carbons (Fsp3) is 0. The first-order valence-electron chi connectivity index (χ1n) is 8.88. The highest BCUT2D eigenvalue weighted by Gasteiger charge is 2.24. The van der Waals surface area contributed by atoms with Gasteiger partial charge in [0.15, 0.2) is 0 Å². The largest absolute Gasteiger partial charge is 0.356 e. The van der Waals surface area contributed by atoms with Crippen LogP contribution in [0, 0.1) is 20.2 Å². The Morgan fingerprint density at radius 3 is 1.64 bits per heavy atom. The number of amides is 2. The van der Waals surface area contributed by atoms with Crippen LogP contribution in [0.1, 0.15) is 20.7 Å².